The van der Waals surface area contributed by atoms with E-state index in [1.807, 2.05) is 0 Å². The van der Waals surface area contributed by atoms with Crippen LogP contribution in [0.1, 0.15) is 49.9 Å². The Morgan fingerprint density at radius 2 is 1.02 bits per heavy atom. The molecule has 0 fully saturated rings. The molecule has 1 aromatic heterocycles. The smallest absolute Gasteiger partial charge is 0.0547 e. The topological polar surface area (TPSA) is 4.93 Å². The number of hydrogen-bond donors (Lipinski definition) is 0. The van der Waals surface area contributed by atoms with Gasteiger partial charge in [-0.1, -0.05) is 125 Å². The first-order chi connectivity index (χ1) is 20.9. The molecule has 0 radical (unpaired) electrons. The molecule has 0 unspecified atom stereocenters. The molecule has 43 heavy (non-hydrogen) atoms. The summed E-state index contributed by atoms with van der Waals surface area (Å²) in [7, 11) is 0. The molecule has 0 saturated heterocycles. The highest BCUT2D eigenvalue weighted by Crippen LogP contribution is 2.53. The van der Waals surface area contributed by atoms with E-state index in [4.69, 9.17) is 0 Å². The number of para-hydroxylation sites is 1. The molecule has 0 bridgehead atoms. The Morgan fingerprint density at radius 3 is 1.81 bits per heavy atom. The fraction of sp³-hybridized carbons (Fsp3) is 0.143. The SMILES string of the molecule is CC1(C)c2ccccc2-c2cc3c(cc21)c1ccccc1n3-c1ccc(-c2cccc3c2-c2ccccc2C3(C)C)cc1. The van der Waals surface area contributed by atoms with E-state index in [9.17, 15) is 0 Å². The third-order valence-electron chi connectivity index (χ3n) is 10.4. The molecule has 0 spiro atoms. The van der Waals surface area contributed by atoms with E-state index in [-0.39, 0.29) is 10.8 Å². The highest BCUT2D eigenvalue weighted by Gasteiger charge is 2.37. The number of aromatic nitrogens is 1. The van der Waals surface area contributed by atoms with Crippen molar-refractivity contribution in [3.63, 3.8) is 0 Å². The van der Waals surface area contributed by atoms with Crippen LogP contribution in [-0.4, -0.2) is 4.57 Å². The number of rotatable bonds is 2. The lowest BCUT2D eigenvalue weighted by atomic mass is 9.82. The zero-order chi connectivity index (χ0) is 29.1. The summed E-state index contributed by atoms with van der Waals surface area (Å²) in [4.78, 5) is 0. The zero-order valence-corrected chi connectivity index (χ0v) is 25.1. The molecular formula is C42H33N. The van der Waals surface area contributed by atoms with Crippen molar-refractivity contribution in [2.45, 2.75) is 38.5 Å². The van der Waals surface area contributed by atoms with Crippen LogP contribution in [0.3, 0.4) is 0 Å². The zero-order valence-electron chi connectivity index (χ0n) is 25.1. The Hall–Kier alpha value is -4.88. The second kappa shape index (κ2) is 8.36. The van der Waals surface area contributed by atoms with Crippen LogP contribution >= 0.6 is 0 Å². The summed E-state index contributed by atoms with van der Waals surface area (Å²) >= 11 is 0. The van der Waals surface area contributed by atoms with Crippen molar-refractivity contribution in [2.75, 3.05) is 0 Å². The number of nitrogens with zero attached hydrogens (tertiary/aromatic N) is 1. The molecule has 0 atom stereocenters. The summed E-state index contributed by atoms with van der Waals surface area (Å²) in [6, 6.07) is 47.6. The van der Waals surface area contributed by atoms with Crippen LogP contribution in [0.2, 0.25) is 0 Å². The minimum Gasteiger partial charge on any atom is -0.309 e. The summed E-state index contributed by atoms with van der Waals surface area (Å²) in [5.74, 6) is 0. The maximum absolute atomic E-state index is 2.46. The Balaban J connectivity index is 1.24. The molecule has 206 valence electrons. The third kappa shape index (κ3) is 3.17. The van der Waals surface area contributed by atoms with E-state index in [1.54, 1.807) is 0 Å². The molecule has 2 aliphatic carbocycles. The average Bonchev–Trinajstić information content (AvgIpc) is 3.57. The number of fused-ring (bicyclic) bond motifs is 9. The second-order valence-corrected chi connectivity index (χ2v) is 13.4. The highest BCUT2D eigenvalue weighted by atomic mass is 15.0. The van der Waals surface area contributed by atoms with Gasteiger partial charge in [0.15, 0.2) is 0 Å². The van der Waals surface area contributed by atoms with Crippen molar-refractivity contribution in [1.82, 2.24) is 4.57 Å². The molecule has 1 heterocycles. The van der Waals surface area contributed by atoms with Crippen LogP contribution in [-0.2, 0) is 10.8 Å². The van der Waals surface area contributed by atoms with Gasteiger partial charge in [-0.15, -0.1) is 0 Å². The van der Waals surface area contributed by atoms with Gasteiger partial charge in [-0.05, 0) is 86.0 Å². The largest absolute Gasteiger partial charge is 0.309 e. The van der Waals surface area contributed by atoms with E-state index >= 15 is 0 Å². The maximum atomic E-state index is 2.46. The summed E-state index contributed by atoms with van der Waals surface area (Å²) in [6.07, 6.45) is 0. The standard InChI is InChI=1S/C42H33N/c1-41(2)35-17-9-6-14-31(35)40-28(15-11-18-36(40)41)26-20-22-27(23-21-26)43-38-19-10-7-13-30(38)33-24-37-32(25-39(33)43)29-12-5-8-16-34(29)42(37,3)4/h5-25H,1-4H3. The summed E-state index contributed by atoms with van der Waals surface area (Å²) in [5, 5.41) is 2.62. The predicted molar refractivity (Wildman–Crippen MR) is 181 cm³/mol. The van der Waals surface area contributed by atoms with Crippen LogP contribution < -0.4 is 0 Å². The molecule has 7 aromatic rings. The molecule has 0 amide bonds. The fourth-order valence-corrected chi connectivity index (χ4v) is 8.23. The summed E-state index contributed by atoms with van der Waals surface area (Å²) in [5.41, 5.74) is 17.4. The van der Waals surface area contributed by atoms with Crippen molar-refractivity contribution in [2.24, 2.45) is 0 Å². The first-order valence-electron chi connectivity index (χ1n) is 15.4. The lowest BCUT2D eigenvalue weighted by molar-refractivity contribution is 0.660. The molecule has 6 aromatic carbocycles. The lowest BCUT2D eigenvalue weighted by Gasteiger charge is -2.21. The van der Waals surface area contributed by atoms with Crippen molar-refractivity contribution in [1.29, 1.82) is 0 Å². The van der Waals surface area contributed by atoms with Crippen LogP contribution in [0, 0.1) is 0 Å². The van der Waals surface area contributed by atoms with Gasteiger partial charge >= 0.3 is 0 Å². The molecule has 0 saturated carbocycles. The summed E-state index contributed by atoms with van der Waals surface area (Å²) in [6.45, 7) is 9.43. The Kier molecular flexibility index (Phi) is 4.80. The van der Waals surface area contributed by atoms with Crippen molar-refractivity contribution in [3.8, 4) is 39.1 Å². The number of benzene rings is 6. The molecule has 2 aliphatic rings. The van der Waals surface area contributed by atoms with Crippen molar-refractivity contribution < 1.29 is 0 Å². The highest BCUT2D eigenvalue weighted by molar-refractivity contribution is 6.11. The van der Waals surface area contributed by atoms with Crippen LogP contribution in [0.25, 0.3) is 60.9 Å². The Bertz CT molecular complexity index is 2270. The first kappa shape index (κ1) is 24.7. The molecule has 1 heteroatoms. The quantitative estimate of drug-likeness (QED) is 0.201. The Morgan fingerprint density at radius 1 is 0.419 bits per heavy atom. The van der Waals surface area contributed by atoms with Gasteiger partial charge in [0.05, 0.1) is 11.0 Å². The fourth-order valence-electron chi connectivity index (χ4n) is 8.23. The lowest BCUT2D eigenvalue weighted by Crippen LogP contribution is -2.14. The summed E-state index contributed by atoms with van der Waals surface area (Å²) < 4.78 is 2.45. The van der Waals surface area contributed by atoms with Gasteiger partial charge in [-0.25, -0.2) is 0 Å². The van der Waals surface area contributed by atoms with Gasteiger partial charge in [0, 0.05) is 27.3 Å². The molecule has 1 nitrogen and oxygen atoms in total. The monoisotopic (exact) mass is 551 g/mol. The molecule has 0 N–H and O–H groups in total. The first-order valence-corrected chi connectivity index (χ1v) is 15.4. The van der Waals surface area contributed by atoms with Crippen LogP contribution in [0.15, 0.2) is 127 Å². The predicted octanol–water partition coefficient (Wildman–Crippen LogP) is 11.1. The van der Waals surface area contributed by atoms with Gasteiger partial charge in [0.1, 0.15) is 0 Å². The van der Waals surface area contributed by atoms with Crippen molar-refractivity contribution >= 4 is 21.8 Å². The molecule has 0 aliphatic heterocycles. The maximum Gasteiger partial charge on any atom is 0.0547 e. The van der Waals surface area contributed by atoms with E-state index in [2.05, 4.69) is 160 Å². The van der Waals surface area contributed by atoms with Crippen molar-refractivity contribution in [3.05, 3.63) is 150 Å². The average molecular weight is 552 g/mol. The third-order valence-corrected chi connectivity index (χ3v) is 10.4. The van der Waals surface area contributed by atoms with E-state index in [1.165, 1.54) is 83.1 Å². The van der Waals surface area contributed by atoms with Gasteiger partial charge in [0.2, 0.25) is 0 Å². The van der Waals surface area contributed by atoms with Gasteiger partial charge < -0.3 is 4.57 Å². The van der Waals surface area contributed by atoms with Gasteiger partial charge in [0.25, 0.3) is 0 Å². The minimum atomic E-state index is -0.0197. The van der Waals surface area contributed by atoms with Crippen LogP contribution in [0.5, 0.6) is 0 Å². The number of hydrogen-bond acceptors (Lipinski definition) is 0. The van der Waals surface area contributed by atoms with Gasteiger partial charge in [-0.2, -0.15) is 0 Å². The van der Waals surface area contributed by atoms with Gasteiger partial charge in [-0.3, -0.25) is 0 Å². The van der Waals surface area contributed by atoms with Crippen LogP contribution in [0.4, 0.5) is 0 Å². The minimum absolute atomic E-state index is 0.00169. The Labute approximate surface area is 253 Å². The molecule has 9 rings (SSSR count). The van der Waals surface area contributed by atoms with E-state index < -0.39 is 0 Å². The second-order valence-electron chi connectivity index (χ2n) is 13.4. The normalized spacial score (nSPS) is 15.3. The van der Waals surface area contributed by atoms with E-state index in [0.29, 0.717) is 0 Å². The van der Waals surface area contributed by atoms with E-state index in [0.717, 1.165) is 0 Å². The molecular weight excluding hydrogens is 518 g/mol.